The number of aliphatic hydroxyl groups excluding tert-OH is 1. The van der Waals surface area contributed by atoms with Gasteiger partial charge in [-0.3, -0.25) is 14.5 Å². The zero-order valence-electron chi connectivity index (χ0n) is 16.6. The number of nitrogens with zero attached hydrogens (tertiary/aromatic N) is 1. The zero-order chi connectivity index (χ0) is 23.0. The molecule has 1 N–H and O–H groups in total. The normalized spacial score (nSPS) is 18.2. The fraction of sp³-hybridized carbons (Fsp3) is 0.130. The second-order valence-corrected chi connectivity index (χ2v) is 6.96. The molecule has 0 bridgehead atoms. The molecule has 2 aromatic carbocycles. The van der Waals surface area contributed by atoms with Gasteiger partial charge in [-0.15, -0.1) is 0 Å². The maximum absolute atomic E-state index is 13.2. The number of aliphatic hydroxyl groups is 1. The van der Waals surface area contributed by atoms with Gasteiger partial charge in [-0.25, -0.2) is 0 Å². The summed E-state index contributed by atoms with van der Waals surface area (Å²) in [4.78, 5) is 26.8. The highest BCUT2D eigenvalue weighted by molar-refractivity contribution is 6.51. The van der Waals surface area contributed by atoms with Crippen LogP contribution in [0.4, 0.5) is 18.9 Å². The molecule has 4 rings (SSSR count). The second kappa shape index (κ2) is 7.92. The molecule has 1 unspecified atom stereocenters. The predicted molar refractivity (Wildman–Crippen MR) is 108 cm³/mol. The molecule has 0 aliphatic carbocycles. The average Bonchev–Trinajstić information content (AvgIpc) is 3.40. The fourth-order valence-corrected chi connectivity index (χ4v) is 3.57. The second-order valence-electron chi connectivity index (χ2n) is 6.96. The van der Waals surface area contributed by atoms with Gasteiger partial charge in [0, 0.05) is 11.3 Å². The Hall–Kier alpha value is -4.01. The van der Waals surface area contributed by atoms with E-state index in [1.54, 1.807) is 12.1 Å². The lowest BCUT2D eigenvalue weighted by molar-refractivity contribution is -0.137. The Morgan fingerprint density at radius 1 is 1.06 bits per heavy atom. The van der Waals surface area contributed by atoms with Crippen LogP contribution in [-0.4, -0.2) is 23.9 Å². The Bertz CT molecular complexity index is 1210. The van der Waals surface area contributed by atoms with E-state index in [1.807, 2.05) is 0 Å². The average molecular weight is 443 g/mol. The van der Waals surface area contributed by atoms with Gasteiger partial charge in [0.2, 0.25) is 0 Å². The van der Waals surface area contributed by atoms with Gasteiger partial charge in [0.15, 0.2) is 0 Å². The predicted octanol–water partition coefficient (Wildman–Crippen LogP) is 4.93. The van der Waals surface area contributed by atoms with Gasteiger partial charge in [0.1, 0.15) is 23.3 Å². The Kier molecular flexibility index (Phi) is 5.25. The molecule has 0 radical (unpaired) electrons. The molecule has 1 atom stereocenters. The third kappa shape index (κ3) is 3.62. The van der Waals surface area contributed by atoms with Crippen LogP contribution in [0.25, 0.3) is 5.76 Å². The third-order valence-corrected chi connectivity index (χ3v) is 5.05. The van der Waals surface area contributed by atoms with E-state index in [9.17, 15) is 27.9 Å². The number of halogens is 3. The third-order valence-electron chi connectivity index (χ3n) is 5.05. The molecule has 9 heteroatoms. The lowest BCUT2D eigenvalue weighted by Gasteiger charge is -2.24. The summed E-state index contributed by atoms with van der Waals surface area (Å²) in [6.45, 7) is 0. The van der Waals surface area contributed by atoms with Crippen LogP contribution in [0, 0.1) is 0 Å². The lowest BCUT2D eigenvalue weighted by Crippen LogP contribution is -2.29. The summed E-state index contributed by atoms with van der Waals surface area (Å²) in [5.41, 5.74) is -1.26. The van der Waals surface area contributed by atoms with Crippen LogP contribution in [0.1, 0.15) is 22.9 Å². The first-order valence-electron chi connectivity index (χ1n) is 9.38. The summed E-state index contributed by atoms with van der Waals surface area (Å²) >= 11 is 0. The highest BCUT2D eigenvalue weighted by atomic mass is 19.4. The number of carbonyl (C=O) groups excluding carboxylic acids is 2. The molecule has 164 valence electrons. The number of hydrogen-bond acceptors (Lipinski definition) is 5. The van der Waals surface area contributed by atoms with E-state index < -0.39 is 35.2 Å². The standard InChI is InChI=1S/C23H16F3NO5/c1-31-16-8-2-5-13(11-16)20(28)18-19(17-9-4-10-32-17)27(22(30)21(18)29)15-7-3-6-14(12-15)23(24,25)26/h2-12,19,28H,1H3/b20-18-. The number of rotatable bonds is 4. The molecule has 1 aliphatic heterocycles. The van der Waals surface area contributed by atoms with Gasteiger partial charge in [-0.2, -0.15) is 13.2 Å². The molecule has 1 saturated heterocycles. The van der Waals surface area contributed by atoms with Crippen molar-refractivity contribution in [3.8, 4) is 5.75 Å². The number of benzene rings is 2. The SMILES string of the molecule is COc1cccc(/C(O)=C2/C(=O)C(=O)N(c3cccc(C(F)(F)F)c3)C2c2ccco2)c1. The molecule has 1 fully saturated rings. The molecule has 0 saturated carbocycles. The number of hydrogen-bond donors (Lipinski definition) is 1. The van der Waals surface area contributed by atoms with Crippen molar-refractivity contribution in [1.29, 1.82) is 0 Å². The van der Waals surface area contributed by atoms with Gasteiger partial charge in [0.05, 0.1) is 24.5 Å². The van der Waals surface area contributed by atoms with Crippen LogP contribution in [0.5, 0.6) is 5.75 Å². The summed E-state index contributed by atoms with van der Waals surface area (Å²) < 4.78 is 50.3. The lowest BCUT2D eigenvalue weighted by atomic mass is 9.99. The molecular formula is C23H16F3NO5. The van der Waals surface area contributed by atoms with Crippen molar-refractivity contribution in [2.75, 3.05) is 12.0 Å². The van der Waals surface area contributed by atoms with Crippen molar-refractivity contribution in [2.45, 2.75) is 12.2 Å². The Labute approximate surface area is 180 Å². The number of ketones is 1. The number of alkyl halides is 3. The maximum atomic E-state index is 13.2. The number of carbonyl (C=O) groups is 2. The minimum atomic E-state index is -4.65. The maximum Gasteiger partial charge on any atom is 0.416 e. The molecule has 2 heterocycles. The summed E-state index contributed by atoms with van der Waals surface area (Å²) in [5.74, 6) is -2.14. The number of amides is 1. The van der Waals surface area contributed by atoms with Crippen molar-refractivity contribution in [1.82, 2.24) is 0 Å². The van der Waals surface area contributed by atoms with Crippen molar-refractivity contribution in [3.63, 3.8) is 0 Å². The number of methoxy groups -OCH3 is 1. The van der Waals surface area contributed by atoms with Crippen LogP contribution in [0.2, 0.25) is 0 Å². The molecule has 1 amide bonds. The minimum Gasteiger partial charge on any atom is -0.507 e. The van der Waals surface area contributed by atoms with Crippen LogP contribution >= 0.6 is 0 Å². The van der Waals surface area contributed by atoms with E-state index in [0.29, 0.717) is 5.75 Å². The van der Waals surface area contributed by atoms with E-state index in [-0.39, 0.29) is 22.6 Å². The summed E-state index contributed by atoms with van der Waals surface area (Å²) in [6, 6.07) is 11.9. The Morgan fingerprint density at radius 3 is 2.47 bits per heavy atom. The first-order chi connectivity index (χ1) is 15.2. The van der Waals surface area contributed by atoms with Gasteiger partial charge in [-0.1, -0.05) is 18.2 Å². The van der Waals surface area contributed by atoms with Crippen LogP contribution in [-0.2, 0) is 15.8 Å². The molecule has 1 aliphatic rings. The molecule has 0 spiro atoms. The highest BCUT2D eigenvalue weighted by Gasteiger charge is 2.48. The van der Waals surface area contributed by atoms with Gasteiger partial charge >= 0.3 is 6.18 Å². The summed E-state index contributed by atoms with van der Waals surface area (Å²) in [6.07, 6.45) is -3.35. The smallest absolute Gasteiger partial charge is 0.416 e. The quantitative estimate of drug-likeness (QED) is 0.351. The van der Waals surface area contributed by atoms with Crippen molar-refractivity contribution >= 4 is 23.1 Å². The van der Waals surface area contributed by atoms with Crippen LogP contribution < -0.4 is 9.64 Å². The van der Waals surface area contributed by atoms with Crippen molar-refractivity contribution in [2.24, 2.45) is 0 Å². The highest BCUT2D eigenvalue weighted by Crippen LogP contribution is 2.43. The molecule has 3 aromatic rings. The van der Waals surface area contributed by atoms with Gasteiger partial charge < -0.3 is 14.3 Å². The fourth-order valence-electron chi connectivity index (χ4n) is 3.57. The van der Waals surface area contributed by atoms with E-state index >= 15 is 0 Å². The topological polar surface area (TPSA) is 80.0 Å². The number of Topliss-reactive ketones (excluding diaryl/α,β-unsaturated/α-hetero) is 1. The van der Waals surface area contributed by atoms with Gasteiger partial charge in [0.25, 0.3) is 11.7 Å². The zero-order valence-corrected chi connectivity index (χ0v) is 16.6. The minimum absolute atomic E-state index is 0.103. The monoisotopic (exact) mass is 443 g/mol. The summed E-state index contributed by atoms with van der Waals surface area (Å²) in [7, 11) is 1.43. The van der Waals surface area contributed by atoms with Crippen molar-refractivity contribution < 1.29 is 37.0 Å². The first kappa shape index (κ1) is 21.2. The van der Waals surface area contributed by atoms with E-state index in [4.69, 9.17) is 9.15 Å². The van der Waals surface area contributed by atoms with Crippen molar-refractivity contribution in [3.05, 3.63) is 89.4 Å². The van der Waals surface area contributed by atoms with Crippen LogP contribution in [0.15, 0.2) is 76.9 Å². The van der Waals surface area contributed by atoms with E-state index in [1.165, 1.54) is 43.7 Å². The number of furan rings is 1. The van der Waals surface area contributed by atoms with E-state index in [2.05, 4.69) is 0 Å². The number of ether oxygens (including phenoxy) is 1. The first-order valence-corrected chi connectivity index (χ1v) is 9.38. The van der Waals surface area contributed by atoms with Gasteiger partial charge in [-0.05, 0) is 42.5 Å². The Morgan fingerprint density at radius 2 is 1.81 bits per heavy atom. The number of anilines is 1. The molecule has 32 heavy (non-hydrogen) atoms. The van der Waals surface area contributed by atoms with E-state index in [0.717, 1.165) is 23.1 Å². The van der Waals surface area contributed by atoms with Crippen LogP contribution in [0.3, 0.4) is 0 Å². The Balaban J connectivity index is 1.91. The molecule has 6 nitrogen and oxygen atoms in total. The largest absolute Gasteiger partial charge is 0.507 e. The molecular weight excluding hydrogens is 427 g/mol. The summed E-state index contributed by atoms with van der Waals surface area (Å²) in [5, 5.41) is 10.9. The molecule has 1 aromatic heterocycles.